The lowest BCUT2D eigenvalue weighted by atomic mass is 10.1. The molecule has 5 rings (SSSR count). The first-order chi connectivity index (χ1) is 15.8. The Labute approximate surface area is 188 Å². The zero-order valence-corrected chi connectivity index (χ0v) is 17.9. The highest BCUT2D eigenvalue weighted by Crippen LogP contribution is 2.30. The number of aromatic nitrogens is 2. The second-order valence-electron chi connectivity index (χ2n) is 8.07. The Morgan fingerprint density at radius 1 is 0.750 bits per heavy atom. The van der Waals surface area contributed by atoms with Crippen molar-refractivity contribution in [3.63, 3.8) is 0 Å². The van der Waals surface area contributed by atoms with Crippen molar-refractivity contribution in [2.45, 2.75) is 6.54 Å². The minimum Gasteiger partial charge on any atom is -0.340 e. The van der Waals surface area contributed by atoms with Crippen LogP contribution < -0.4 is 0 Å². The molecule has 0 radical (unpaired) electrons. The van der Waals surface area contributed by atoms with Crippen molar-refractivity contribution in [1.29, 1.82) is 0 Å². The standard InChI is InChI=1S/C27H26N4O/c32-27(23-14-8-3-9-15-23)31-18-16-30(17-19-31)20-24-28-25(21-10-4-1-5-11-21)26(29-24)22-12-6-2-7-13-22/h1-15H,16-20H2,(H,28,29). The van der Waals surface area contributed by atoms with Crippen molar-refractivity contribution in [2.75, 3.05) is 26.2 Å². The Bertz CT molecular complexity index is 1110. The first-order valence-electron chi connectivity index (χ1n) is 11.0. The molecule has 2 heterocycles. The molecule has 0 aliphatic carbocycles. The van der Waals surface area contributed by atoms with Crippen molar-refractivity contribution in [3.8, 4) is 22.5 Å². The third-order valence-electron chi connectivity index (χ3n) is 5.92. The minimum atomic E-state index is 0.112. The summed E-state index contributed by atoms with van der Waals surface area (Å²) in [6, 6.07) is 30.2. The topological polar surface area (TPSA) is 52.2 Å². The number of hydrogen-bond donors (Lipinski definition) is 1. The maximum absolute atomic E-state index is 12.7. The van der Waals surface area contributed by atoms with Crippen LogP contribution in [0.25, 0.3) is 22.5 Å². The summed E-state index contributed by atoms with van der Waals surface area (Å²) in [5.41, 5.74) is 5.01. The van der Waals surface area contributed by atoms with E-state index in [1.54, 1.807) is 0 Å². The maximum Gasteiger partial charge on any atom is 0.253 e. The van der Waals surface area contributed by atoms with Gasteiger partial charge in [-0.3, -0.25) is 9.69 Å². The Balaban J connectivity index is 1.31. The molecule has 3 aromatic carbocycles. The molecule has 1 aliphatic rings. The summed E-state index contributed by atoms with van der Waals surface area (Å²) in [5, 5.41) is 0. The summed E-state index contributed by atoms with van der Waals surface area (Å²) >= 11 is 0. The fraction of sp³-hybridized carbons (Fsp3) is 0.185. The monoisotopic (exact) mass is 422 g/mol. The summed E-state index contributed by atoms with van der Waals surface area (Å²) in [4.78, 5) is 25.6. The fourth-order valence-electron chi connectivity index (χ4n) is 4.20. The average molecular weight is 423 g/mol. The van der Waals surface area contributed by atoms with Crippen LogP contribution in [0.1, 0.15) is 16.2 Å². The molecule has 1 N–H and O–H groups in total. The molecule has 1 amide bonds. The van der Waals surface area contributed by atoms with Gasteiger partial charge in [0.1, 0.15) is 5.82 Å². The zero-order chi connectivity index (χ0) is 21.8. The molecule has 0 unspecified atom stereocenters. The fourth-order valence-corrected chi connectivity index (χ4v) is 4.20. The van der Waals surface area contributed by atoms with E-state index >= 15 is 0 Å². The van der Waals surface area contributed by atoms with Gasteiger partial charge in [-0.2, -0.15) is 0 Å². The average Bonchev–Trinajstić information content (AvgIpc) is 3.29. The molecule has 0 atom stereocenters. The molecule has 0 saturated carbocycles. The summed E-state index contributed by atoms with van der Waals surface area (Å²) in [6.45, 7) is 3.86. The van der Waals surface area contributed by atoms with Gasteiger partial charge in [-0.25, -0.2) is 4.98 Å². The molecule has 1 saturated heterocycles. The van der Waals surface area contributed by atoms with Crippen LogP contribution in [0.4, 0.5) is 0 Å². The number of rotatable bonds is 5. The van der Waals surface area contributed by atoms with Crippen LogP contribution in [-0.2, 0) is 6.54 Å². The van der Waals surface area contributed by atoms with E-state index in [4.69, 9.17) is 4.98 Å². The van der Waals surface area contributed by atoms with E-state index < -0.39 is 0 Å². The predicted molar refractivity (Wildman–Crippen MR) is 127 cm³/mol. The van der Waals surface area contributed by atoms with Crippen molar-refractivity contribution in [3.05, 3.63) is 102 Å². The Kier molecular flexibility index (Phi) is 5.81. The number of amides is 1. The van der Waals surface area contributed by atoms with Crippen molar-refractivity contribution >= 4 is 5.91 Å². The molecule has 5 heteroatoms. The number of carbonyl (C=O) groups is 1. The number of benzene rings is 3. The number of H-pyrrole nitrogens is 1. The highest BCUT2D eigenvalue weighted by atomic mass is 16.2. The highest BCUT2D eigenvalue weighted by molar-refractivity contribution is 5.94. The van der Waals surface area contributed by atoms with Crippen molar-refractivity contribution in [1.82, 2.24) is 19.8 Å². The van der Waals surface area contributed by atoms with E-state index in [0.717, 1.165) is 66.6 Å². The SMILES string of the molecule is O=C(c1ccccc1)N1CCN(Cc2nc(-c3ccccc3)c(-c3ccccc3)[nH]2)CC1. The van der Waals surface area contributed by atoms with Gasteiger partial charge in [0, 0.05) is 42.9 Å². The third kappa shape index (κ3) is 4.34. The van der Waals surface area contributed by atoms with E-state index in [1.807, 2.05) is 71.6 Å². The van der Waals surface area contributed by atoms with E-state index in [0.29, 0.717) is 0 Å². The van der Waals surface area contributed by atoms with Gasteiger partial charge in [-0.05, 0) is 12.1 Å². The second-order valence-corrected chi connectivity index (χ2v) is 8.07. The van der Waals surface area contributed by atoms with Crippen LogP contribution in [0, 0.1) is 0 Å². The van der Waals surface area contributed by atoms with Gasteiger partial charge in [0.15, 0.2) is 0 Å². The molecule has 5 nitrogen and oxygen atoms in total. The normalized spacial score (nSPS) is 14.4. The number of carbonyl (C=O) groups excluding carboxylic acids is 1. The maximum atomic E-state index is 12.7. The van der Waals surface area contributed by atoms with Crippen LogP contribution in [0.15, 0.2) is 91.0 Å². The molecule has 0 bridgehead atoms. The van der Waals surface area contributed by atoms with Gasteiger partial charge < -0.3 is 9.88 Å². The number of aromatic amines is 1. The first kappa shape index (κ1) is 20.2. The summed E-state index contributed by atoms with van der Waals surface area (Å²) < 4.78 is 0. The molecule has 1 fully saturated rings. The van der Waals surface area contributed by atoms with E-state index in [9.17, 15) is 4.79 Å². The van der Waals surface area contributed by atoms with Crippen molar-refractivity contribution < 1.29 is 4.79 Å². The summed E-state index contributed by atoms with van der Waals surface area (Å²) in [7, 11) is 0. The smallest absolute Gasteiger partial charge is 0.253 e. The molecule has 1 aromatic heterocycles. The predicted octanol–water partition coefficient (Wildman–Crippen LogP) is 4.70. The third-order valence-corrected chi connectivity index (χ3v) is 5.92. The van der Waals surface area contributed by atoms with Gasteiger partial charge in [0.05, 0.1) is 17.9 Å². The lowest BCUT2D eigenvalue weighted by molar-refractivity contribution is 0.0626. The summed E-state index contributed by atoms with van der Waals surface area (Å²) in [6.07, 6.45) is 0. The van der Waals surface area contributed by atoms with Crippen molar-refractivity contribution in [2.24, 2.45) is 0 Å². The first-order valence-corrected chi connectivity index (χ1v) is 11.0. The largest absolute Gasteiger partial charge is 0.340 e. The van der Waals surface area contributed by atoms with Crippen LogP contribution in [0.3, 0.4) is 0 Å². The molecule has 0 spiro atoms. The highest BCUT2D eigenvalue weighted by Gasteiger charge is 2.23. The number of nitrogens with one attached hydrogen (secondary N) is 1. The zero-order valence-electron chi connectivity index (χ0n) is 17.9. The molecule has 160 valence electrons. The second kappa shape index (κ2) is 9.20. The van der Waals surface area contributed by atoms with Gasteiger partial charge in [-0.15, -0.1) is 0 Å². The molecule has 4 aromatic rings. The summed E-state index contributed by atoms with van der Waals surface area (Å²) in [5.74, 6) is 1.06. The Morgan fingerprint density at radius 3 is 1.94 bits per heavy atom. The van der Waals surface area contributed by atoms with E-state index in [1.165, 1.54) is 0 Å². The molecular formula is C27H26N4O. The molecule has 32 heavy (non-hydrogen) atoms. The Morgan fingerprint density at radius 2 is 1.31 bits per heavy atom. The van der Waals surface area contributed by atoms with Gasteiger partial charge in [-0.1, -0.05) is 78.9 Å². The lowest BCUT2D eigenvalue weighted by Crippen LogP contribution is -2.48. The minimum absolute atomic E-state index is 0.112. The van der Waals surface area contributed by atoms with Gasteiger partial charge in [0.25, 0.3) is 5.91 Å². The number of nitrogens with zero attached hydrogens (tertiary/aromatic N) is 3. The van der Waals surface area contributed by atoms with Gasteiger partial charge >= 0.3 is 0 Å². The quantitative estimate of drug-likeness (QED) is 0.507. The van der Waals surface area contributed by atoms with Crippen LogP contribution >= 0.6 is 0 Å². The van der Waals surface area contributed by atoms with Crippen LogP contribution in [0.5, 0.6) is 0 Å². The molecule has 1 aliphatic heterocycles. The number of hydrogen-bond acceptors (Lipinski definition) is 3. The van der Waals surface area contributed by atoms with Crippen LogP contribution in [0.2, 0.25) is 0 Å². The Hall–Kier alpha value is -3.70. The lowest BCUT2D eigenvalue weighted by Gasteiger charge is -2.34. The number of imidazole rings is 1. The molecular weight excluding hydrogens is 396 g/mol. The van der Waals surface area contributed by atoms with E-state index in [2.05, 4.69) is 34.1 Å². The van der Waals surface area contributed by atoms with Gasteiger partial charge in [0.2, 0.25) is 0 Å². The number of piperazine rings is 1. The van der Waals surface area contributed by atoms with Crippen LogP contribution in [-0.4, -0.2) is 51.9 Å². The van der Waals surface area contributed by atoms with E-state index in [-0.39, 0.29) is 5.91 Å².